The Bertz CT molecular complexity index is 559. The number of benzene rings is 2. The number of hydrogen-bond donors (Lipinski definition) is 2. The number of phenols is 2. The number of phenolic OH excluding ortho intramolecular Hbond substituents is 2. The zero-order valence-electron chi connectivity index (χ0n) is 10.8. The minimum Gasteiger partial charge on any atom is -0.507 e. The van der Waals surface area contributed by atoms with Gasteiger partial charge in [0.05, 0.1) is 0 Å². The van der Waals surface area contributed by atoms with Crippen LogP contribution < -0.4 is 0 Å². The van der Waals surface area contributed by atoms with E-state index in [2.05, 4.69) is 13.8 Å². The summed E-state index contributed by atoms with van der Waals surface area (Å²) in [6.45, 7) is 4.17. The highest BCUT2D eigenvalue weighted by Crippen LogP contribution is 2.37. The molecule has 0 atom stereocenters. The number of aryl methyl sites for hydroxylation is 2. The van der Waals surface area contributed by atoms with E-state index in [1.165, 1.54) is 5.56 Å². The van der Waals surface area contributed by atoms with E-state index in [9.17, 15) is 10.2 Å². The molecule has 0 aromatic heterocycles. The topological polar surface area (TPSA) is 40.5 Å². The number of hydrogen-bond acceptors (Lipinski definition) is 2. The van der Waals surface area contributed by atoms with Gasteiger partial charge in [0.25, 0.3) is 0 Å². The van der Waals surface area contributed by atoms with Crippen LogP contribution in [0.1, 0.15) is 25.0 Å². The Balaban J connectivity index is 2.62. The lowest BCUT2D eigenvalue weighted by molar-refractivity contribution is 0.468. The first-order valence-electron chi connectivity index (χ1n) is 6.30. The average molecular weight is 242 g/mol. The van der Waals surface area contributed by atoms with Crippen LogP contribution in [0.2, 0.25) is 0 Å². The highest BCUT2D eigenvalue weighted by atomic mass is 16.3. The van der Waals surface area contributed by atoms with Gasteiger partial charge in [0.2, 0.25) is 0 Å². The van der Waals surface area contributed by atoms with Gasteiger partial charge >= 0.3 is 0 Å². The van der Waals surface area contributed by atoms with Gasteiger partial charge in [-0.3, -0.25) is 0 Å². The van der Waals surface area contributed by atoms with Crippen LogP contribution in [0.4, 0.5) is 0 Å². The lowest BCUT2D eigenvalue weighted by Crippen LogP contribution is -1.93. The largest absolute Gasteiger partial charge is 0.507 e. The summed E-state index contributed by atoms with van der Waals surface area (Å²) >= 11 is 0. The molecule has 2 N–H and O–H groups in total. The molecule has 2 nitrogen and oxygen atoms in total. The van der Waals surface area contributed by atoms with Gasteiger partial charge < -0.3 is 10.2 Å². The molecule has 2 rings (SSSR count). The molecule has 0 aliphatic heterocycles. The van der Waals surface area contributed by atoms with Crippen molar-refractivity contribution in [3.8, 4) is 22.6 Å². The highest BCUT2D eigenvalue weighted by molar-refractivity contribution is 5.76. The molecule has 0 aliphatic rings. The Hall–Kier alpha value is -1.96. The molecule has 0 spiro atoms. The van der Waals surface area contributed by atoms with Crippen molar-refractivity contribution in [1.29, 1.82) is 0 Å². The van der Waals surface area contributed by atoms with Crippen molar-refractivity contribution in [1.82, 2.24) is 0 Å². The predicted octanol–water partition coefficient (Wildman–Crippen LogP) is 3.89. The third-order valence-electron chi connectivity index (χ3n) is 3.27. The Kier molecular flexibility index (Phi) is 3.56. The molecule has 0 heterocycles. The third-order valence-corrected chi connectivity index (χ3v) is 3.27. The minimum absolute atomic E-state index is 0.194. The Morgan fingerprint density at radius 2 is 1.39 bits per heavy atom. The third kappa shape index (κ3) is 2.19. The second kappa shape index (κ2) is 5.13. The summed E-state index contributed by atoms with van der Waals surface area (Å²) in [4.78, 5) is 0. The van der Waals surface area contributed by atoms with Gasteiger partial charge in [0, 0.05) is 11.1 Å². The van der Waals surface area contributed by atoms with Gasteiger partial charge in [0.15, 0.2) is 0 Å². The number of para-hydroxylation sites is 1. The first-order valence-corrected chi connectivity index (χ1v) is 6.30. The zero-order valence-corrected chi connectivity index (χ0v) is 10.8. The lowest BCUT2D eigenvalue weighted by Gasteiger charge is -2.12. The molecule has 0 bridgehead atoms. The average Bonchev–Trinajstić information content (AvgIpc) is 2.39. The Morgan fingerprint density at radius 3 is 2.00 bits per heavy atom. The number of aromatic hydroxyl groups is 2. The van der Waals surface area contributed by atoms with Crippen molar-refractivity contribution in [2.75, 3.05) is 0 Å². The summed E-state index contributed by atoms with van der Waals surface area (Å²) < 4.78 is 0. The van der Waals surface area contributed by atoms with Crippen molar-refractivity contribution in [2.45, 2.75) is 26.7 Å². The SMILES string of the molecule is CCc1cc(O)c(-c2ccccc2O)cc1CC. The molecule has 18 heavy (non-hydrogen) atoms. The Labute approximate surface area is 108 Å². The van der Waals surface area contributed by atoms with E-state index in [1.54, 1.807) is 18.2 Å². The molecule has 2 aromatic carbocycles. The summed E-state index contributed by atoms with van der Waals surface area (Å²) in [5, 5.41) is 20.0. The quantitative estimate of drug-likeness (QED) is 0.857. The van der Waals surface area contributed by atoms with Gasteiger partial charge in [-0.1, -0.05) is 32.0 Å². The van der Waals surface area contributed by atoms with E-state index in [1.807, 2.05) is 18.2 Å². The standard InChI is InChI=1S/C16H18O2/c1-3-11-9-14(16(18)10-12(11)4-2)13-7-5-6-8-15(13)17/h5-10,17-18H,3-4H2,1-2H3. The van der Waals surface area contributed by atoms with Crippen LogP contribution in [0.3, 0.4) is 0 Å². The summed E-state index contributed by atoms with van der Waals surface area (Å²) in [6.07, 6.45) is 1.82. The maximum Gasteiger partial charge on any atom is 0.123 e. The van der Waals surface area contributed by atoms with E-state index in [0.717, 1.165) is 18.4 Å². The predicted molar refractivity (Wildman–Crippen MR) is 74.0 cm³/mol. The minimum atomic E-state index is 0.194. The van der Waals surface area contributed by atoms with E-state index in [0.29, 0.717) is 11.1 Å². The van der Waals surface area contributed by atoms with Crippen molar-refractivity contribution in [2.24, 2.45) is 0 Å². The smallest absolute Gasteiger partial charge is 0.123 e. The second-order valence-corrected chi connectivity index (χ2v) is 4.36. The number of rotatable bonds is 3. The highest BCUT2D eigenvalue weighted by Gasteiger charge is 2.11. The first-order chi connectivity index (χ1) is 8.67. The van der Waals surface area contributed by atoms with Crippen LogP contribution in [-0.4, -0.2) is 10.2 Å². The van der Waals surface area contributed by atoms with Crippen LogP contribution in [0.5, 0.6) is 11.5 Å². The molecule has 0 saturated heterocycles. The fraction of sp³-hybridized carbons (Fsp3) is 0.250. The van der Waals surface area contributed by atoms with Crippen molar-refractivity contribution < 1.29 is 10.2 Å². The second-order valence-electron chi connectivity index (χ2n) is 4.36. The van der Waals surface area contributed by atoms with E-state index in [-0.39, 0.29) is 11.5 Å². The van der Waals surface area contributed by atoms with E-state index < -0.39 is 0 Å². The maximum absolute atomic E-state index is 10.1. The molecule has 0 fully saturated rings. The molecule has 0 amide bonds. The Morgan fingerprint density at radius 1 is 0.778 bits per heavy atom. The fourth-order valence-corrected chi connectivity index (χ4v) is 2.25. The molecular weight excluding hydrogens is 224 g/mol. The summed E-state index contributed by atoms with van der Waals surface area (Å²) in [7, 11) is 0. The van der Waals surface area contributed by atoms with Gasteiger partial charge in [-0.2, -0.15) is 0 Å². The molecule has 2 aromatic rings. The van der Waals surface area contributed by atoms with Crippen LogP contribution in [0.25, 0.3) is 11.1 Å². The van der Waals surface area contributed by atoms with Crippen molar-refractivity contribution >= 4 is 0 Å². The monoisotopic (exact) mass is 242 g/mol. The molecule has 94 valence electrons. The summed E-state index contributed by atoms with van der Waals surface area (Å²) in [5.41, 5.74) is 3.75. The maximum atomic E-state index is 10.1. The lowest BCUT2D eigenvalue weighted by atomic mass is 9.95. The van der Waals surface area contributed by atoms with Crippen molar-refractivity contribution in [3.63, 3.8) is 0 Å². The molecule has 0 aliphatic carbocycles. The molecule has 0 unspecified atom stereocenters. The normalized spacial score (nSPS) is 10.6. The van der Waals surface area contributed by atoms with Gasteiger partial charge in [-0.05, 0) is 42.2 Å². The molecule has 0 radical (unpaired) electrons. The molecule has 0 saturated carbocycles. The van der Waals surface area contributed by atoms with Crippen molar-refractivity contribution in [3.05, 3.63) is 47.5 Å². The zero-order chi connectivity index (χ0) is 13.1. The van der Waals surface area contributed by atoms with E-state index in [4.69, 9.17) is 0 Å². The summed E-state index contributed by atoms with van der Waals surface area (Å²) in [5.74, 6) is 0.421. The first kappa shape index (κ1) is 12.5. The van der Waals surface area contributed by atoms with Gasteiger partial charge in [-0.15, -0.1) is 0 Å². The van der Waals surface area contributed by atoms with Crippen LogP contribution in [-0.2, 0) is 12.8 Å². The van der Waals surface area contributed by atoms with Gasteiger partial charge in [-0.25, -0.2) is 0 Å². The van der Waals surface area contributed by atoms with E-state index >= 15 is 0 Å². The summed E-state index contributed by atoms with van der Waals surface area (Å²) in [6, 6.07) is 10.9. The molecule has 2 heteroatoms. The van der Waals surface area contributed by atoms with Crippen LogP contribution >= 0.6 is 0 Å². The molecular formula is C16H18O2. The van der Waals surface area contributed by atoms with Gasteiger partial charge in [0.1, 0.15) is 11.5 Å². The van der Waals surface area contributed by atoms with Crippen LogP contribution in [0.15, 0.2) is 36.4 Å². The fourth-order valence-electron chi connectivity index (χ4n) is 2.25. The van der Waals surface area contributed by atoms with Crippen LogP contribution in [0, 0.1) is 0 Å².